The lowest BCUT2D eigenvalue weighted by Gasteiger charge is -2.37. The lowest BCUT2D eigenvalue weighted by Crippen LogP contribution is -2.56. The van der Waals surface area contributed by atoms with Crippen LogP contribution in [-0.2, 0) is 16.0 Å². The van der Waals surface area contributed by atoms with Crippen LogP contribution in [0.1, 0.15) is 24.8 Å². The molecule has 2 amide bonds. The van der Waals surface area contributed by atoms with Gasteiger partial charge in [-0.05, 0) is 37.1 Å². The third-order valence-corrected chi connectivity index (χ3v) is 5.07. The number of amides is 2. The van der Waals surface area contributed by atoms with Crippen LogP contribution >= 0.6 is 24.0 Å². The minimum absolute atomic E-state index is 0. The molecule has 1 N–H and O–H groups in total. The number of piperidine rings is 1. The molecule has 2 aliphatic heterocycles. The fourth-order valence-corrected chi connectivity index (χ4v) is 3.47. The first kappa shape index (κ1) is 20.0. The highest BCUT2D eigenvalue weighted by Gasteiger charge is 2.29. The van der Waals surface area contributed by atoms with E-state index in [9.17, 15) is 9.59 Å². The van der Waals surface area contributed by atoms with Gasteiger partial charge in [0.25, 0.3) is 0 Å². The molecular weight excluding hydrogens is 361 g/mol. The van der Waals surface area contributed by atoms with Gasteiger partial charge in [0.2, 0.25) is 11.8 Å². The van der Waals surface area contributed by atoms with Gasteiger partial charge in [0.05, 0.1) is 12.5 Å². The molecule has 0 radical (unpaired) electrons. The Kier molecular flexibility index (Phi) is 7.54. The molecular formula is C18H25Cl2N3O2. The van der Waals surface area contributed by atoms with Crippen molar-refractivity contribution < 1.29 is 9.59 Å². The van der Waals surface area contributed by atoms with Crippen molar-refractivity contribution in [3.8, 4) is 0 Å². The molecule has 3 rings (SSSR count). The minimum atomic E-state index is -0.0323. The topological polar surface area (TPSA) is 52.7 Å². The van der Waals surface area contributed by atoms with Crippen molar-refractivity contribution in [2.45, 2.75) is 31.7 Å². The Morgan fingerprint density at radius 3 is 2.28 bits per heavy atom. The van der Waals surface area contributed by atoms with Crippen LogP contribution in [0.2, 0.25) is 5.02 Å². The van der Waals surface area contributed by atoms with Crippen LogP contribution in [0.25, 0.3) is 0 Å². The Balaban J connectivity index is 0.00000225. The Labute approximate surface area is 160 Å². The molecule has 0 saturated carbocycles. The number of hydrogen-bond acceptors (Lipinski definition) is 3. The number of benzene rings is 1. The average Bonchev–Trinajstić information content (AvgIpc) is 2.64. The zero-order valence-electron chi connectivity index (χ0n) is 14.2. The lowest BCUT2D eigenvalue weighted by atomic mass is 10.0. The Morgan fingerprint density at radius 1 is 1.04 bits per heavy atom. The number of nitrogens with zero attached hydrogens (tertiary/aromatic N) is 2. The summed E-state index contributed by atoms with van der Waals surface area (Å²) < 4.78 is 0. The summed E-state index contributed by atoms with van der Waals surface area (Å²) in [6.07, 6.45) is 3.57. The normalized spacial score (nSPS) is 20.8. The number of nitrogens with one attached hydrogen (secondary N) is 1. The Morgan fingerprint density at radius 2 is 1.68 bits per heavy atom. The summed E-state index contributed by atoms with van der Waals surface area (Å²) in [4.78, 5) is 28.7. The van der Waals surface area contributed by atoms with Gasteiger partial charge in [-0.25, -0.2) is 0 Å². The predicted molar refractivity (Wildman–Crippen MR) is 101 cm³/mol. The van der Waals surface area contributed by atoms with Crippen LogP contribution in [0.4, 0.5) is 0 Å². The van der Waals surface area contributed by atoms with Crippen LogP contribution in [0.5, 0.6) is 0 Å². The van der Waals surface area contributed by atoms with Gasteiger partial charge in [0.1, 0.15) is 0 Å². The fourth-order valence-electron chi connectivity index (χ4n) is 3.35. The molecule has 2 saturated heterocycles. The van der Waals surface area contributed by atoms with E-state index in [1.807, 2.05) is 21.9 Å². The summed E-state index contributed by atoms with van der Waals surface area (Å²) in [5, 5.41) is 3.98. The third kappa shape index (κ3) is 5.33. The number of hydrogen-bond donors (Lipinski definition) is 1. The fraction of sp³-hybridized carbons (Fsp3) is 0.556. The number of halogens is 2. The van der Waals surface area contributed by atoms with Gasteiger partial charge in [-0.15, -0.1) is 12.4 Å². The van der Waals surface area contributed by atoms with E-state index >= 15 is 0 Å². The first-order chi connectivity index (χ1) is 11.6. The predicted octanol–water partition coefficient (Wildman–Crippen LogP) is 2.12. The van der Waals surface area contributed by atoms with Gasteiger partial charge >= 0.3 is 0 Å². The second kappa shape index (κ2) is 9.41. The quantitative estimate of drug-likeness (QED) is 0.866. The van der Waals surface area contributed by atoms with E-state index in [2.05, 4.69) is 5.32 Å². The van der Waals surface area contributed by atoms with Crippen molar-refractivity contribution in [1.82, 2.24) is 15.1 Å². The summed E-state index contributed by atoms with van der Waals surface area (Å²) in [7, 11) is 0. The van der Waals surface area contributed by atoms with E-state index in [-0.39, 0.29) is 30.3 Å². The maximum Gasteiger partial charge on any atom is 0.239 e. The van der Waals surface area contributed by atoms with Crippen molar-refractivity contribution in [2.24, 2.45) is 0 Å². The molecule has 1 aromatic rings. The Hall–Kier alpha value is -1.30. The standard InChI is InChI=1S/C18H24ClN3O2.ClH/c19-15-6-4-14(5-7-15)13-17(23)21-9-11-22(12-10-21)18(24)16-3-1-2-8-20-16;/h4-7,16,20H,1-3,8-13H2;1H. The molecule has 0 spiro atoms. The molecule has 25 heavy (non-hydrogen) atoms. The second-order valence-electron chi connectivity index (χ2n) is 6.51. The lowest BCUT2D eigenvalue weighted by molar-refractivity contribution is -0.140. The number of carbonyl (C=O) groups is 2. The molecule has 0 bridgehead atoms. The molecule has 0 aliphatic carbocycles. The minimum Gasteiger partial charge on any atom is -0.339 e. The van der Waals surface area contributed by atoms with Crippen LogP contribution in [-0.4, -0.2) is 60.4 Å². The highest BCUT2D eigenvalue weighted by Crippen LogP contribution is 2.14. The monoisotopic (exact) mass is 385 g/mol. The average molecular weight is 386 g/mol. The van der Waals surface area contributed by atoms with Crippen molar-refractivity contribution in [2.75, 3.05) is 32.7 Å². The van der Waals surface area contributed by atoms with Gasteiger partial charge in [-0.1, -0.05) is 30.2 Å². The maximum absolute atomic E-state index is 12.5. The summed E-state index contributed by atoms with van der Waals surface area (Å²) in [5.74, 6) is 0.305. The third-order valence-electron chi connectivity index (χ3n) is 4.82. The van der Waals surface area contributed by atoms with Crippen LogP contribution in [0.15, 0.2) is 24.3 Å². The van der Waals surface area contributed by atoms with E-state index in [0.717, 1.165) is 31.4 Å². The van der Waals surface area contributed by atoms with E-state index in [4.69, 9.17) is 11.6 Å². The van der Waals surface area contributed by atoms with Crippen molar-refractivity contribution in [1.29, 1.82) is 0 Å². The molecule has 138 valence electrons. The number of carbonyl (C=O) groups excluding carboxylic acids is 2. The van der Waals surface area contributed by atoms with Gasteiger partial charge in [0, 0.05) is 31.2 Å². The Bertz CT molecular complexity index is 580. The molecule has 2 fully saturated rings. The molecule has 5 nitrogen and oxygen atoms in total. The van der Waals surface area contributed by atoms with E-state index < -0.39 is 0 Å². The second-order valence-corrected chi connectivity index (χ2v) is 6.95. The number of piperazine rings is 1. The van der Waals surface area contributed by atoms with Gasteiger partial charge in [0.15, 0.2) is 0 Å². The van der Waals surface area contributed by atoms with E-state index in [0.29, 0.717) is 37.6 Å². The first-order valence-electron chi connectivity index (χ1n) is 8.68. The van der Waals surface area contributed by atoms with Crippen molar-refractivity contribution in [3.63, 3.8) is 0 Å². The highest BCUT2D eigenvalue weighted by molar-refractivity contribution is 6.30. The highest BCUT2D eigenvalue weighted by atomic mass is 35.5. The van der Waals surface area contributed by atoms with Gasteiger partial charge in [-0.3, -0.25) is 9.59 Å². The molecule has 1 aromatic carbocycles. The van der Waals surface area contributed by atoms with E-state index in [1.165, 1.54) is 0 Å². The summed E-state index contributed by atoms with van der Waals surface area (Å²) >= 11 is 5.87. The summed E-state index contributed by atoms with van der Waals surface area (Å²) in [6.45, 7) is 3.42. The van der Waals surface area contributed by atoms with Crippen LogP contribution < -0.4 is 5.32 Å². The van der Waals surface area contributed by atoms with Crippen LogP contribution in [0.3, 0.4) is 0 Å². The largest absolute Gasteiger partial charge is 0.339 e. The molecule has 2 aliphatic rings. The maximum atomic E-state index is 12.5. The van der Waals surface area contributed by atoms with Crippen LogP contribution in [0, 0.1) is 0 Å². The van der Waals surface area contributed by atoms with Crippen molar-refractivity contribution in [3.05, 3.63) is 34.9 Å². The smallest absolute Gasteiger partial charge is 0.239 e. The molecule has 1 atom stereocenters. The first-order valence-corrected chi connectivity index (χ1v) is 9.05. The summed E-state index contributed by atoms with van der Waals surface area (Å²) in [6, 6.07) is 7.34. The van der Waals surface area contributed by atoms with Crippen molar-refractivity contribution >= 4 is 35.8 Å². The zero-order valence-corrected chi connectivity index (χ0v) is 15.8. The number of rotatable bonds is 3. The zero-order chi connectivity index (χ0) is 16.9. The van der Waals surface area contributed by atoms with E-state index in [1.54, 1.807) is 12.1 Å². The molecule has 2 heterocycles. The molecule has 0 aromatic heterocycles. The molecule has 1 unspecified atom stereocenters. The summed E-state index contributed by atoms with van der Waals surface area (Å²) in [5.41, 5.74) is 0.967. The van der Waals surface area contributed by atoms with Gasteiger partial charge in [-0.2, -0.15) is 0 Å². The van der Waals surface area contributed by atoms with Gasteiger partial charge < -0.3 is 15.1 Å². The molecule has 7 heteroatoms. The SMILES string of the molecule is Cl.O=C(Cc1ccc(Cl)cc1)N1CCN(C(=O)C2CCCCN2)CC1.